The van der Waals surface area contributed by atoms with Crippen LogP contribution in [0.15, 0.2) is 52.9 Å². The molecule has 4 aromatic rings. The zero-order valence-corrected chi connectivity index (χ0v) is 17.0. The highest BCUT2D eigenvalue weighted by molar-refractivity contribution is 6.06. The van der Waals surface area contributed by atoms with E-state index < -0.39 is 5.91 Å². The second-order valence-corrected chi connectivity index (χ2v) is 7.14. The monoisotopic (exact) mass is 402 g/mol. The van der Waals surface area contributed by atoms with Crippen LogP contribution < -0.4 is 11.1 Å². The van der Waals surface area contributed by atoms with Crippen molar-refractivity contribution in [2.24, 2.45) is 0 Å². The van der Waals surface area contributed by atoms with Gasteiger partial charge in [-0.05, 0) is 44.5 Å². The molecule has 152 valence electrons. The number of carbonyl (C=O) groups is 1. The molecule has 0 radical (unpaired) electrons. The molecule has 30 heavy (non-hydrogen) atoms. The van der Waals surface area contributed by atoms with Crippen LogP contribution in [-0.2, 0) is 6.54 Å². The number of anilines is 2. The van der Waals surface area contributed by atoms with Gasteiger partial charge in [-0.25, -0.2) is 9.67 Å². The van der Waals surface area contributed by atoms with Crippen LogP contribution in [0.5, 0.6) is 0 Å². The molecule has 0 aliphatic rings. The Balaban J connectivity index is 1.55. The van der Waals surface area contributed by atoms with Crippen LogP contribution in [0.3, 0.4) is 0 Å². The molecule has 0 saturated heterocycles. The van der Waals surface area contributed by atoms with Gasteiger partial charge < -0.3 is 15.5 Å². The van der Waals surface area contributed by atoms with E-state index in [0.29, 0.717) is 23.0 Å². The number of rotatable bonds is 5. The molecule has 8 nitrogen and oxygen atoms in total. The third kappa shape index (κ3) is 3.80. The lowest BCUT2D eigenvalue weighted by Gasteiger charge is -2.07. The van der Waals surface area contributed by atoms with E-state index in [9.17, 15) is 4.79 Å². The van der Waals surface area contributed by atoms with E-state index >= 15 is 0 Å². The van der Waals surface area contributed by atoms with Gasteiger partial charge in [0.05, 0.1) is 6.54 Å². The van der Waals surface area contributed by atoms with Crippen LogP contribution in [0.2, 0.25) is 0 Å². The van der Waals surface area contributed by atoms with Gasteiger partial charge in [-0.3, -0.25) is 4.79 Å². The van der Waals surface area contributed by atoms with E-state index in [4.69, 9.17) is 10.2 Å². The number of para-hydroxylation sites is 1. The molecule has 2 heterocycles. The summed E-state index contributed by atoms with van der Waals surface area (Å²) in [6.45, 7) is 6.01. The van der Waals surface area contributed by atoms with Gasteiger partial charge in [0, 0.05) is 11.3 Å². The van der Waals surface area contributed by atoms with Gasteiger partial charge in [0.25, 0.3) is 5.91 Å². The van der Waals surface area contributed by atoms with E-state index in [1.807, 2.05) is 69.3 Å². The number of nitrogens with two attached hydrogens (primary N) is 1. The molecule has 1 amide bonds. The number of hydrogen-bond acceptors (Lipinski definition) is 6. The summed E-state index contributed by atoms with van der Waals surface area (Å²) >= 11 is 0. The molecule has 0 aliphatic carbocycles. The first-order chi connectivity index (χ1) is 14.4. The molecule has 0 atom stereocenters. The predicted octanol–water partition coefficient (Wildman–Crippen LogP) is 3.74. The van der Waals surface area contributed by atoms with Crippen molar-refractivity contribution in [3.63, 3.8) is 0 Å². The maximum atomic E-state index is 12.6. The summed E-state index contributed by atoms with van der Waals surface area (Å²) in [5.74, 6) is 0.945. The van der Waals surface area contributed by atoms with Crippen LogP contribution in [0.4, 0.5) is 11.5 Å². The first-order valence-electron chi connectivity index (χ1n) is 9.51. The third-order valence-corrected chi connectivity index (χ3v) is 4.84. The van der Waals surface area contributed by atoms with Crippen molar-refractivity contribution in [3.05, 3.63) is 76.8 Å². The maximum absolute atomic E-state index is 12.6. The number of oxazole rings is 1. The Morgan fingerprint density at radius 2 is 1.93 bits per heavy atom. The number of hydrogen-bond donors (Lipinski definition) is 2. The Morgan fingerprint density at radius 3 is 2.70 bits per heavy atom. The molecular formula is C22H22N6O2. The molecule has 0 spiro atoms. The van der Waals surface area contributed by atoms with Gasteiger partial charge in [-0.2, -0.15) is 0 Å². The van der Waals surface area contributed by atoms with Gasteiger partial charge in [-0.1, -0.05) is 41.1 Å². The number of aromatic nitrogens is 4. The summed E-state index contributed by atoms with van der Waals surface area (Å²) in [6.07, 6.45) is 0. The topological polar surface area (TPSA) is 112 Å². The Hall–Kier alpha value is -3.94. The van der Waals surface area contributed by atoms with Crippen molar-refractivity contribution in [1.29, 1.82) is 0 Å². The molecule has 4 rings (SSSR count). The maximum Gasteiger partial charge on any atom is 0.280 e. The van der Waals surface area contributed by atoms with Gasteiger partial charge >= 0.3 is 0 Å². The van der Waals surface area contributed by atoms with E-state index in [1.165, 1.54) is 4.68 Å². The van der Waals surface area contributed by atoms with Crippen molar-refractivity contribution in [2.75, 3.05) is 11.1 Å². The van der Waals surface area contributed by atoms with Gasteiger partial charge in [-0.15, -0.1) is 5.10 Å². The largest absolute Gasteiger partial charge is 0.441 e. The Labute approximate surface area is 173 Å². The zero-order chi connectivity index (χ0) is 21.3. The molecule has 3 N–H and O–H groups in total. The molecule has 0 saturated carbocycles. The summed E-state index contributed by atoms with van der Waals surface area (Å²) in [6, 6.07) is 15.4. The minimum Gasteiger partial charge on any atom is -0.441 e. The number of nitrogens with one attached hydrogen (secondary N) is 1. The Morgan fingerprint density at radius 1 is 1.13 bits per heavy atom. The van der Waals surface area contributed by atoms with Crippen LogP contribution >= 0.6 is 0 Å². The standard InChI is InChI=1S/C22H22N6O2/c1-13-7-6-9-16(11-13)22-25-18(15(3)30-22)12-28-20(23)19(26-27-28)21(29)24-17-10-5-4-8-14(17)2/h4-11H,12,23H2,1-3H3,(H,24,29). The highest BCUT2D eigenvalue weighted by Crippen LogP contribution is 2.24. The average molecular weight is 402 g/mol. The normalized spacial score (nSPS) is 10.9. The second-order valence-electron chi connectivity index (χ2n) is 7.14. The van der Waals surface area contributed by atoms with E-state index in [0.717, 1.165) is 16.7 Å². The van der Waals surface area contributed by atoms with E-state index in [-0.39, 0.29) is 18.1 Å². The Bertz CT molecular complexity index is 1220. The van der Waals surface area contributed by atoms with Gasteiger partial charge in [0.15, 0.2) is 11.5 Å². The summed E-state index contributed by atoms with van der Waals surface area (Å²) in [4.78, 5) is 17.2. The SMILES string of the molecule is Cc1cccc(-c2nc(Cn3nnc(C(=O)Nc4ccccc4C)c3N)c(C)o2)c1. The van der Waals surface area contributed by atoms with Crippen molar-refractivity contribution in [2.45, 2.75) is 27.3 Å². The number of carbonyl (C=O) groups excluding carboxylic acids is 1. The quantitative estimate of drug-likeness (QED) is 0.526. The van der Waals surface area contributed by atoms with Crippen LogP contribution in [0, 0.1) is 20.8 Å². The number of nitrogens with zero attached hydrogens (tertiary/aromatic N) is 4. The molecule has 0 unspecified atom stereocenters. The lowest BCUT2D eigenvalue weighted by Crippen LogP contribution is -2.16. The Kier molecular flexibility index (Phi) is 5.05. The lowest BCUT2D eigenvalue weighted by molar-refractivity contribution is 0.102. The molecule has 2 aromatic heterocycles. The lowest BCUT2D eigenvalue weighted by atomic mass is 10.1. The van der Waals surface area contributed by atoms with Crippen LogP contribution in [0.1, 0.15) is 33.1 Å². The van der Waals surface area contributed by atoms with Gasteiger partial charge in [0.2, 0.25) is 5.89 Å². The van der Waals surface area contributed by atoms with E-state index in [2.05, 4.69) is 20.6 Å². The molecular weight excluding hydrogens is 380 g/mol. The van der Waals surface area contributed by atoms with Crippen molar-refractivity contribution < 1.29 is 9.21 Å². The summed E-state index contributed by atoms with van der Waals surface area (Å²) in [5.41, 5.74) is 10.6. The number of benzene rings is 2. The fourth-order valence-electron chi connectivity index (χ4n) is 3.11. The number of aryl methyl sites for hydroxylation is 3. The van der Waals surface area contributed by atoms with Crippen LogP contribution in [0.25, 0.3) is 11.5 Å². The predicted molar refractivity (Wildman–Crippen MR) is 114 cm³/mol. The fraction of sp³-hybridized carbons (Fsp3) is 0.182. The minimum absolute atomic E-state index is 0.0679. The molecule has 0 aliphatic heterocycles. The van der Waals surface area contributed by atoms with E-state index in [1.54, 1.807) is 0 Å². The van der Waals surface area contributed by atoms with Crippen molar-refractivity contribution >= 4 is 17.4 Å². The van der Waals surface area contributed by atoms with Crippen molar-refractivity contribution in [1.82, 2.24) is 20.0 Å². The molecule has 0 bridgehead atoms. The van der Waals surface area contributed by atoms with Crippen LogP contribution in [-0.4, -0.2) is 25.9 Å². The molecule has 8 heteroatoms. The number of amides is 1. The summed E-state index contributed by atoms with van der Waals surface area (Å²) in [5, 5.41) is 10.8. The first-order valence-corrected chi connectivity index (χ1v) is 9.51. The minimum atomic E-state index is -0.412. The molecule has 0 fully saturated rings. The number of nitrogen functional groups attached to an aromatic ring is 1. The fourth-order valence-corrected chi connectivity index (χ4v) is 3.11. The zero-order valence-electron chi connectivity index (χ0n) is 17.0. The third-order valence-electron chi connectivity index (χ3n) is 4.84. The van der Waals surface area contributed by atoms with Gasteiger partial charge in [0.1, 0.15) is 11.5 Å². The second kappa shape index (κ2) is 7.82. The summed E-state index contributed by atoms with van der Waals surface area (Å²) < 4.78 is 7.26. The smallest absolute Gasteiger partial charge is 0.280 e. The first kappa shape index (κ1) is 19.4. The molecule has 2 aromatic carbocycles. The highest BCUT2D eigenvalue weighted by Gasteiger charge is 2.20. The summed E-state index contributed by atoms with van der Waals surface area (Å²) in [7, 11) is 0. The highest BCUT2D eigenvalue weighted by atomic mass is 16.4. The van der Waals surface area contributed by atoms with Crippen molar-refractivity contribution in [3.8, 4) is 11.5 Å². The average Bonchev–Trinajstić information content (AvgIpc) is 3.27.